The highest BCUT2D eigenvalue weighted by atomic mass is 16.5. The number of rotatable bonds is 6. The maximum atomic E-state index is 12.1. The minimum atomic E-state index is -0.0371. The van der Waals surface area contributed by atoms with E-state index in [-0.39, 0.29) is 11.4 Å². The van der Waals surface area contributed by atoms with Gasteiger partial charge in [0, 0.05) is 12.2 Å². The Hall–Kier alpha value is -1.39. The van der Waals surface area contributed by atoms with Gasteiger partial charge >= 0.3 is 0 Å². The Labute approximate surface area is 126 Å². The van der Waals surface area contributed by atoms with Gasteiger partial charge in [-0.25, -0.2) is 0 Å². The molecule has 1 atom stereocenters. The number of benzene rings is 1. The molecule has 0 bridgehead atoms. The minimum absolute atomic E-state index is 0.0371. The quantitative estimate of drug-likeness (QED) is 0.819. The second-order valence-electron chi connectivity index (χ2n) is 6.25. The highest BCUT2D eigenvalue weighted by Crippen LogP contribution is 2.27. The number of methoxy groups -OCH3 is 1. The number of carbonyl (C=O) groups excluding carboxylic acids is 1. The lowest BCUT2D eigenvalue weighted by Gasteiger charge is -2.35. The van der Waals surface area contributed by atoms with Crippen molar-refractivity contribution in [2.45, 2.75) is 32.3 Å². The van der Waals surface area contributed by atoms with E-state index in [0.29, 0.717) is 12.5 Å². The van der Waals surface area contributed by atoms with Gasteiger partial charge in [-0.05, 0) is 63.4 Å². The summed E-state index contributed by atoms with van der Waals surface area (Å²) in [7, 11) is 1.62. The van der Waals surface area contributed by atoms with Crippen molar-refractivity contribution in [3.8, 4) is 5.75 Å². The van der Waals surface area contributed by atoms with Gasteiger partial charge in [0.1, 0.15) is 5.75 Å². The predicted octanol–water partition coefficient (Wildman–Crippen LogP) is 2.67. The van der Waals surface area contributed by atoms with Crippen LogP contribution in [0.25, 0.3) is 0 Å². The van der Waals surface area contributed by atoms with Crippen molar-refractivity contribution < 1.29 is 14.3 Å². The van der Waals surface area contributed by atoms with Crippen LogP contribution in [0.5, 0.6) is 5.75 Å². The van der Waals surface area contributed by atoms with Crippen molar-refractivity contribution in [1.29, 1.82) is 0 Å². The third kappa shape index (κ3) is 4.83. The molecule has 1 aromatic rings. The average Bonchev–Trinajstić information content (AvgIpc) is 2.46. The van der Waals surface area contributed by atoms with Crippen molar-refractivity contribution in [2.24, 2.45) is 5.92 Å². The minimum Gasteiger partial charge on any atom is -0.497 e. The van der Waals surface area contributed by atoms with Crippen LogP contribution in [0.3, 0.4) is 0 Å². The Balaban J connectivity index is 1.76. The first-order valence-corrected chi connectivity index (χ1v) is 7.52. The molecule has 1 aromatic carbocycles. The molecular weight excluding hydrogens is 266 g/mol. The summed E-state index contributed by atoms with van der Waals surface area (Å²) in [4.78, 5) is 12.1. The van der Waals surface area contributed by atoms with E-state index in [1.165, 1.54) is 0 Å². The molecule has 0 saturated carbocycles. The standard InChI is InChI=1S/C17H25NO3/c1-17(2)10-13(8-9-21-17)11-18-12-16(19)14-4-6-15(20-3)7-5-14/h4-7,13,18H,8-12H2,1-3H3. The number of nitrogens with one attached hydrogen (secondary N) is 1. The van der Waals surface area contributed by atoms with E-state index in [1.807, 2.05) is 12.1 Å². The Morgan fingerprint density at radius 2 is 2.10 bits per heavy atom. The summed E-state index contributed by atoms with van der Waals surface area (Å²) in [6.45, 7) is 6.31. The first-order valence-electron chi connectivity index (χ1n) is 7.52. The zero-order valence-electron chi connectivity index (χ0n) is 13.1. The number of carbonyl (C=O) groups is 1. The fourth-order valence-electron chi connectivity index (χ4n) is 2.80. The van der Waals surface area contributed by atoms with Crippen molar-refractivity contribution in [3.63, 3.8) is 0 Å². The highest BCUT2D eigenvalue weighted by molar-refractivity contribution is 5.97. The second-order valence-corrected chi connectivity index (χ2v) is 6.25. The van der Waals surface area contributed by atoms with Crippen LogP contribution in [-0.2, 0) is 4.74 Å². The molecule has 1 aliphatic rings. The number of Topliss-reactive ketones (excluding diaryl/α,β-unsaturated/α-hetero) is 1. The number of hydrogen-bond acceptors (Lipinski definition) is 4. The van der Waals surface area contributed by atoms with Gasteiger partial charge in [0.25, 0.3) is 0 Å². The first kappa shape index (κ1) is 16.0. The Kier molecular flexibility index (Phi) is 5.37. The Morgan fingerprint density at radius 1 is 1.38 bits per heavy atom. The molecule has 21 heavy (non-hydrogen) atoms. The van der Waals surface area contributed by atoms with Gasteiger partial charge in [-0.3, -0.25) is 4.79 Å². The number of ether oxygens (including phenoxy) is 2. The van der Waals surface area contributed by atoms with Gasteiger partial charge in [-0.15, -0.1) is 0 Å². The Morgan fingerprint density at radius 3 is 2.71 bits per heavy atom. The number of ketones is 1. The molecule has 0 amide bonds. The van der Waals surface area contributed by atoms with Crippen LogP contribution in [-0.4, -0.2) is 38.2 Å². The van der Waals surface area contributed by atoms with Crippen LogP contribution >= 0.6 is 0 Å². The van der Waals surface area contributed by atoms with E-state index in [9.17, 15) is 4.79 Å². The molecular formula is C17H25NO3. The lowest BCUT2D eigenvalue weighted by atomic mass is 9.88. The van der Waals surface area contributed by atoms with E-state index < -0.39 is 0 Å². The van der Waals surface area contributed by atoms with Crippen LogP contribution in [0.2, 0.25) is 0 Å². The molecule has 0 aliphatic carbocycles. The van der Waals surface area contributed by atoms with Crippen LogP contribution in [0.1, 0.15) is 37.0 Å². The lowest BCUT2D eigenvalue weighted by molar-refractivity contribution is -0.0716. The summed E-state index contributed by atoms with van der Waals surface area (Å²) in [5.41, 5.74) is 0.681. The molecule has 1 aliphatic heterocycles. The summed E-state index contributed by atoms with van der Waals surface area (Å²) in [5.74, 6) is 1.46. The van der Waals surface area contributed by atoms with Gasteiger partial charge in [0.05, 0.1) is 19.3 Å². The molecule has 0 aromatic heterocycles. The van der Waals surface area contributed by atoms with Crippen molar-refractivity contribution in [1.82, 2.24) is 5.32 Å². The van der Waals surface area contributed by atoms with E-state index in [2.05, 4.69) is 19.2 Å². The summed E-state index contributed by atoms with van der Waals surface area (Å²) in [6, 6.07) is 7.24. The maximum absolute atomic E-state index is 12.1. The normalized spacial score (nSPS) is 21.0. The molecule has 116 valence electrons. The van der Waals surface area contributed by atoms with E-state index in [4.69, 9.17) is 9.47 Å². The zero-order valence-corrected chi connectivity index (χ0v) is 13.1. The van der Waals surface area contributed by atoms with Crippen LogP contribution in [0.15, 0.2) is 24.3 Å². The summed E-state index contributed by atoms with van der Waals surface area (Å²) < 4.78 is 10.8. The topological polar surface area (TPSA) is 47.6 Å². The van der Waals surface area contributed by atoms with Gasteiger partial charge in [-0.1, -0.05) is 0 Å². The summed E-state index contributed by atoms with van der Waals surface area (Å²) >= 11 is 0. The zero-order chi connectivity index (χ0) is 15.3. The maximum Gasteiger partial charge on any atom is 0.176 e. The molecule has 0 spiro atoms. The predicted molar refractivity (Wildman–Crippen MR) is 82.9 cm³/mol. The molecule has 1 unspecified atom stereocenters. The Bertz CT molecular complexity index is 467. The third-order valence-electron chi connectivity index (χ3n) is 3.93. The first-order chi connectivity index (χ1) is 10.00. The van der Waals surface area contributed by atoms with Crippen molar-refractivity contribution in [2.75, 3.05) is 26.8 Å². The largest absolute Gasteiger partial charge is 0.497 e. The van der Waals surface area contributed by atoms with Crippen molar-refractivity contribution in [3.05, 3.63) is 29.8 Å². The lowest BCUT2D eigenvalue weighted by Crippen LogP contribution is -2.39. The third-order valence-corrected chi connectivity index (χ3v) is 3.93. The molecule has 4 heteroatoms. The monoisotopic (exact) mass is 291 g/mol. The summed E-state index contributed by atoms with van der Waals surface area (Å²) in [6.07, 6.45) is 2.10. The van der Waals surface area contributed by atoms with Crippen molar-refractivity contribution >= 4 is 5.78 Å². The van der Waals surface area contributed by atoms with E-state index in [1.54, 1.807) is 19.2 Å². The molecule has 0 radical (unpaired) electrons. The number of hydrogen-bond donors (Lipinski definition) is 1. The fourth-order valence-corrected chi connectivity index (χ4v) is 2.80. The van der Waals surface area contributed by atoms with Crippen LogP contribution in [0.4, 0.5) is 0 Å². The van der Waals surface area contributed by atoms with Crippen LogP contribution in [0, 0.1) is 5.92 Å². The van der Waals surface area contributed by atoms with Crippen LogP contribution < -0.4 is 10.1 Å². The van der Waals surface area contributed by atoms with Gasteiger partial charge in [0.15, 0.2) is 5.78 Å². The molecule has 2 rings (SSSR count). The summed E-state index contributed by atoms with van der Waals surface area (Å²) in [5, 5.41) is 3.28. The van der Waals surface area contributed by atoms with E-state index >= 15 is 0 Å². The molecule has 1 fully saturated rings. The average molecular weight is 291 g/mol. The molecule has 4 nitrogen and oxygen atoms in total. The SMILES string of the molecule is COc1ccc(C(=O)CNCC2CCOC(C)(C)C2)cc1. The molecule has 1 heterocycles. The molecule has 1 saturated heterocycles. The smallest absolute Gasteiger partial charge is 0.176 e. The highest BCUT2D eigenvalue weighted by Gasteiger charge is 2.28. The van der Waals surface area contributed by atoms with Gasteiger partial charge in [0.2, 0.25) is 0 Å². The van der Waals surface area contributed by atoms with E-state index in [0.717, 1.165) is 37.3 Å². The fraction of sp³-hybridized carbons (Fsp3) is 0.588. The molecule has 1 N–H and O–H groups in total. The van der Waals surface area contributed by atoms with Gasteiger partial charge < -0.3 is 14.8 Å². The van der Waals surface area contributed by atoms with Gasteiger partial charge in [-0.2, -0.15) is 0 Å². The second kappa shape index (κ2) is 7.05.